The molecule has 2 aromatic rings. The average Bonchev–Trinajstić information content (AvgIpc) is 2.53. The second-order valence-corrected chi connectivity index (χ2v) is 5.84. The van der Waals surface area contributed by atoms with Crippen LogP contribution in [0, 0.1) is 13.8 Å². The molecule has 5 nitrogen and oxygen atoms in total. The Hall–Kier alpha value is -2.82. The van der Waals surface area contributed by atoms with Crippen LogP contribution < -0.4 is 10.1 Å². The van der Waals surface area contributed by atoms with E-state index in [1.807, 2.05) is 32.0 Å². The minimum atomic E-state index is -0.195. The number of nitrogens with one attached hydrogen (secondary N) is 1. The number of hydrogen-bond acceptors (Lipinski definition) is 3. The van der Waals surface area contributed by atoms with Gasteiger partial charge in [0.05, 0.1) is 12.7 Å². The highest BCUT2D eigenvalue weighted by molar-refractivity contribution is 6.07. The van der Waals surface area contributed by atoms with Gasteiger partial charge < -0.3 is 15.0 Å². The summed E-state index contributed by atoms with van der Waals surface area (Å²) < 4.78 is 5.24. The molecule has 1 N–H and O–H groups in total. The van der Waals surface area contributed by atoms with Crippen molar-refractivity contribution < 1.29 is 14.3 Å². The maximum atomic E-state index is 12.6. The largest absolute Gasteiger partial charge is 0.496 e. The lowest BCUT2D eigenvalue weighted by Crippen LogP contribution is -2.22. The summed E-state index contributed by atoms with van der Waals surface area (Å²) in [5.74, 6) is 0.0906. The summed E-state index contributed by atoms with van der Waals surface area (Å²) >= 11 is 0. The second-order valence-electron chi connectivity index (χ2n) is 5.84. The first-order valence-corrected chi connectivity index (χ1v) is 7.62. The molecule has 0 spiro atoms. The van der Waals surface area contributed by atoms with Crippen LogP contribution in [0.15, 0.2) is 36.4 Å². The second kappa shape index (κ2) is 7.17. The molecule has 0 aromatic heterocycles. The molecular weight excluding hydrogens is 304 g/mol. The zero-order chi connectivity index (χ0) is 17.9. The predicted octanol–water partition coefficient (Wildman–Crippen LogP) is 3.27. The lowest BCUT2D eigenvalue weighted by molar-refractivity contribution is 0.0824. The Labute approximate surface area is 142 Å². The van der Waals surface area contributed by atoms with Gasteiger partial charge in [0.2, 0.25) is 0 Å². The van der Waals surface area contributed by atoms with Crippen molar-refractivity contribution in [3.05, 3.63) is 58.7 Å². The van der Waals surface area contributed by atoms with Crippen LogP contribution in [0.2, 0.25) is 0 Å². The number of amides is 2. The van der Waals surface area contributed by atoms with Crippen LogP contribution in [-0.4, -0.2) is 37.9 Å². The molecule has 126 valence electrons. The highest BCUT2D eigenvalue weighted by atomic mass is 16.5. The molecule has 5 heteroatoms. The third-order valence-electron chi connectivity index (χ3n) is 3.80. The quantitative estimate of drug-likeness (QED) is 0.938. The Bertz CT molecular complexity index is 762. The van der Waals surface area contributed by atoms with Crippen molar-refractivity contribution in [2.24, 2.45) is 0 Å². The van der Waals surface area contributed by atoms with Gasteiger partial charge in [-0.15, -0.1) is 0 Å². The van der Waals surface area contributed by atoms with Crippen molar-refractivity contribution in [3.63, 3.8) is 0 Å². The normalized spacial score (nSPS) is 10.2. The number of nitrogens with zero attached hydrogens (tertiary/aromatic N) is 1. The number of hydrogen-bond donors (Lipinski definition) is 1. The van der Waals surface area contributed by atoms with E-state index in [9.17, 15) is 9.59 Å². The Morgan fingerprint density at radius 1 is 1.04 bits per heavy atom. The number of aryl methyl sites for hydroxylation is 2. The van der Waals surface area contributed by atoms with Gasteiger partial charge in [-0.2, -0.15) is 0 Å². The van der Waals surface area contributed by atoms with Crippen molar-refractivity contribution >= 4 is 17.5 Å². The summed E-state index contributed by atoms with van der Waals surface area (Å²) in [5.41, 5.74) is 3.42. The topological polar surface area (TPSA) is 58.6 Å². The van der Waals surface area contributed by atoms with Crippen molar-refractivity contribution in [1.82, 2.24) is 4.90 Å². The summed E-state index contributed by atoms with van der Waals surface area (Å²) in [6.07, 6.45) is 0. The van der Waals surface area contributed by atoms with E-state index in [1.165, 1.54) is 12.0 Å². The van der Waals surface area contributed by atoms with Crippen LogP contribution in [0.1, 0.15) is 31.8 Å². The van der Waals surface area contributed by atoms with Crippen LogP contribution >= 0.6 is 0 Å². The van der Waals surface area contributed by atoms with E-state index < -0.39 is 0 Å². The summed E-state index contributed by atoms with van der Waals surface area (Å²) in [6.45, 7) is 3.80. The van der Waals surface area contributed by atoms with Crippen molar-refractivity contribution in [2.45, 2.75) is 13.8 Å². The number of anilines is 1. The Kier molecular flexibility index (Phi) is 5.24. The van der Waals surface area contributed by atoms with Crippen molar-refractivity contribution in [3.8, 4) is 5.75 Å². The van der Waals surface area contributed by atoms with Gasteiger partial charge in [-0.25, -0.2) is 0 Å². The van der Waals surface area contributed by atoms with Gasteiger partial charge in [-0.3, -0.25) is 9.59 Å². The first kappa shape index (κ1) is 17.5. The van der Waals surface area contributed by atoms with Gasteiger partial charge in [0, 0.05) is 25.3 Å². The molecule has 0 atom stereocenters. The highest BCUT2D eigenvalue weighted by Gasteiger charge is 2.17. The number of carbonyl (C=O) groups excluding carboxylic acids is 2. The molecule has 2 aromatic carbocycles. The van der Waals surface area contributed by atoms with Gasteiger partial charge in [-0.1, -0.05) is 18.2 Å². The van der Waals surface area contributed by atoms with Crippen LogP contribution in [-0.2, 0) is 0 Å². The summed E-state index contributed by atoms with van der Waals surface area (Å²) in [6, 6.07) is 10.7. The van der Waals surface area contributed by atoms with Gasteiger partial charge in [0.25, 0.3) is 11.8 Å². The third-order valence-corrected chi connectivity index (χ3v) is 3.80. The third kappa shape index (κ3) is 3.56. The maximum Gasteiger partial charge on any atom is 0.257 e. The van der Waals surface area contributed by atoms with Crippen molar-refractivity contribution in [1.29, 1.82) is 0 Å². The molecule has 2 amide bonds. The summed E-state index contributed by atoms with van der Waals surface area (Å²) in [4.78, 5) is 26.3. The molecular formula is C19H22N2O3. The molecule has 0 aliphatic carbocycles. The molecule has 0 bridgehead atoms. The first-order valence-electron chi connectivity index (χ1n) is 7.62. The zero-order valence-corrected chi connectivity index (χ0v) is 14.6. The number of benzene rings is 2. The molecule has 0 radical (unpaired) electrons. The summed E-state index contributed by atoms with van der Waals surface area (Å²) in [7, 11) is 4.85. The maximum absolute atomic E-state index is 12.6. The van der Waals surface area contributed by atoms with Gasteiger partial charge in [-0.05, 0) is 43.2 Å². The summed E-state index contributed by atoms with van der Waals surface area (Å²) in [5, 5.41) is 2.86. The monoisotopic (exact) mass is 326 g/mol. The fourth-order valence-electron chi connectivity index (χ4n) is 2.56. The molecule has 24 heavy (non-hydrogen) atoms. The standard InChI is InChI=1S/C19H22N2O3/c1-12-7-6-8-13(2)17(12)18(22)20-14-9-10-16(24-5)15(11-14)19(23)21(3)4/h6-11H,1-5H3,(H,20,22). The number of rotatable bonds is 4. The van der Waals surface area contributed by atoms with E-state index in [-0.39, 0.29) is 11.8 Å². The Morgan fingerprint density at radius 3 is 2.21 bits per heavy atom. The SMILES string of the molecule is COc1ccc(NC(=O)c2c(C)cccc2C)cc1C(=O)N(C)C. The first-order chi connectivity index (χ1) is 11.3. The smallest absolute Gasteiger partial charge is 0.257 e. The van der Waals surface area contributed by atoms with E-state index >= 15 is 0 Å². The molecule has 2 rings (SSSR count). The van der Waals surface area contributed by atoms with E-state index in [0.717, 1.165) is 11.1 Å². The van der Waals surface area contributed by atoms with Gasteiger partial charge >= 0.3 is 0 Å². The number of ether oxygens (including phenoxy) is 1. The highest BCUT2D eigenvalue weighted by Crippen LogP contribution is 2.24. The van der Waals surface area contributed by atoms with Gasteiger partial charge in [0.15, 0.2) is 0 Å². The van der Waals surface area contributed by atoms with E-state index in [1.54, 1.807) is 32.3 Å². The molecule has 0 heterocycles. The Balaban J connectivity index is 2.35. The Morgan fingerprint density at radius 2 is 1.67 bits per heavy atom. The number of carbonyl (C=O) groups is 2. The molecule has 0 fully saturated rings. The minimum Gasteiger partial charge on any atom is -0.496 e. The minimum absolute atomic E-state index is 0.185. The van der Waals surface area contributed by atoms with E-state index in [2.05, 4.69) is 5.32 Å². The lowest BCUT2D eigenvalue weighted by atomic mass is 10.0. The predicted molar refractivity (Wildman–Crippen MR) is 94.9 cm³/mol. The molecule has 0 saturated carbocycles. The van der Waals surface area contributed by atoms with Crippen LogP contribution in [0.4, 0.5) is 5.69 Å². The molecule has 0 aliphatic rings. The average molecular weight is 326 g/mol. The lowest BCUT2D eigenvalue weighted by Gasteiger charge is -2.15. The van der Waals surface area contributed by atoms with E-state index in [0.29, 0.717) is 22.6 Å². The van der Waals surface area contributed by atoms with E-state index in [4.69, 9.17) is 4.74 Å². The molecule has 0 aliphatic heterocycles. The van der Waals surface area contributed by atoms with Crippen LogP contribution in [0.25, 0.3) is 0 Å². The number of methoxy groups -OCH3 is 1. The van der Waals surface area contributed by atoms with Crippen LogP contribution in [0.3, 0.4) is 0 Å². The van der Waals surface area contributed by atoms with Crippen molar-refractivity contribution in [2.75, 3.05) is 26.5 Å². The molecule has 0 saturated heterocycles. The zero-order valence-electron chi connectivity index (χ0n) is 14.6. The fourth-order valence-corrected chi connectivity index (χ4v) is 2.56. The van der Waals surface area contributed by atoms with Gasteiger partial charge in [0.1, 0.15) is 5.75 Å². The fraction of sp³-hybridized carbons (Fsp3) is 0.263. The molecule has 0 unspecified atom stereocenters. The van der Waals surface area contributed by atoms with Crippen LogP contribution in [0.5, 0.6) is 5.75 Å².